The van der Waals surface area contributed by atoms with Crippen LogP contribution in [0.15, 0.2) is 60.7 Å². The first-order chi connectivity index (χ1) is 18.1. The molecule has 3 aromatic rings. The van der Waals surface area contributed by atoms with Gasteiger partial charge < -0.3 is 19.9 Å². The molecule has 2 aliphatic rings. The lowest BCUT2D eigenvalue weighted by Gasteiger charge is -2.32. The number of carbonyl (C=O) groups excluding carboxylic acids is 1. The van der Waals surface area contributed by atoms with E-state index in [1.54, 1.807) is 0 Å². The fraction of sp³-hybridized carbons (Fsp3) is 0.419. The van der Waals surface area contributed by atoms with Gasteiger partial charge in [0.05, 0.1) is 0 Å². The van der Waals surface area contributed by atoms with Crippen molar-refractivity contribution in [3.05, 3.63) is 88.7 Å². The van der Waals surface area contributed by atoms with E-state index in [-0.39, 0.29) is 5.91 Å². The highest BCUT2D eigenvalue weighted by Gasteiger charge is 2.26. The van der Waals surface area contributed by atoms with Crippen molar-refractivity contribution < 1.29 is 9.53 Å². The van der Waals surface area contributed by atoms with Crippen LogP contribution in [0.3, 0.4) is 0 Å². The lowest BCUT2D eigenvalue weighted by molar-refractivity contribution is 0.0784. The van der Waals surface area contributed by atoms with Crippen molar-refractivity contribution in [3.63, 3.8) is 0 Å². The summed E-state index contributed by atoms with van der Waals surface area (Å²) in [6.07, 6.45) is 5.56. The molecule has 0 atom stereocenters. The fourth-order valence-corrected chi connectivity index (χ4v) is 5.59. The normalized spacial score (nSPS) is 15.9. The molecule has 0 unspecified atom stereocenters. The van der Waals surface area contributed by atoms with Gasteiger partial charge in [0.25, 0.3) is 5.91 Å². The van der Waals surface area contributed by atoms with Gasteiger partial charge in [-0.3, -0.25) is 9.78 Å². The van der Waals surface area contributed by atoms with Crippen molar-refractivity contribution in [1.29, 1.82) is 0 Å². The van der Waals surface area contributed by atoms with E-state index >= 15 is 0 Å². The van der Waals surface area contributed by atoms with Crippen LogP contribution in [0.1, 0.15) is 58.1 Å². The molecule has 2 heterocycles. The molecule has 1 aliphatic carbocycles. The van der Waals surface area contributed by atoms with Crippen LogP contribution < -0.4 is 10.1 Å². The standard InChI is InChI=1S/C31H38N4O2/c1-32-16-19-35-17-14-23(15-18-35)30-21-25(28-12-7-13-29(28)33-30)22-34(2)31(36)24-8-6-11-27(20-24)37-26-9-4-3-5-10-26/h3-6,8-11,20-21,23,32H,7,12-19,22H2,1-2H3. The number of para-hydroxylation sites is 1. The number of amides is 1. The van der Waals surface area contributed by atoms with Gasteiger partial charge in [0.1, 0.15) is 11.5 Å². The second-order valence-corrected chi connectivity index (χ2v) is 10.3. The number of benzene rings is 2. The Morgan fingerprint density at radius 2 is 1.84 bits per heavy atom. The number of fused-ring (bicyclic) bond motifs is 1. The summed E-state index contributed by atoms with van der Waals surface area (Å²) in [5.41, 5.74) is 5.74. The molecular weight excluding hydrogens is 460 g/mol. The minimum Gasteiger partial charge on any atom is -0.457 e. The van der Waals surface area contributed by atoms with E-state index in [0.717, 1.165) is 64.0 Å². The van der Waals surface area contributed by atoms with Crippen molar-refractivity contribution in [1.82, 2.24) is 20.1 Å². The Morgan fingerprint density at radius 1 is 1.05 bits per heavy atom. The Hall–Kier alpha value is -3.22. The van der Waals surface area contributed by atoms with Crippen LogP contribution >= 0.6 is 0 Å². The average molecular weight is 499 g/mol. The first-order valence-corrected chi connectivity index (χ1v) is 13.6. The molecule has 1 N–H and O–H groups in total. The number of aryl methyl sites for hydroxylation is 1. The summed E-state index contributed by atoms with van der Waals surface area (Å²) in [6, 6.07) is 19.4. The second kappa shape index (κ2) is 11.9. The Morgan fingerprint density at radius 3 is 2.62 bits per heavy atom. The third-order valence-corrected chi connectivity index (χ3v) is 7.66. The van der Waals surface area contributed by atoms with Crippen molar-refractivity contribution in [3.8, 4) is 11.5 Å². The maximum atomic E-state index is 13.4. The zero-order chi connectivity index (χ0) is 25.6. The van der Waals surface area contributed by atoms with E-state index in [2.05, 4.69) is 16.3 Å². The Kier molecular flexibility index (Phi) is 8.17. The number of likely N-dealkylation sites (N-methyl/N-ethyl adjacent to an activating group) is 1. The molecule has 0 radical (unpaired) electrons. The molecule has 5 rings (SSSR count). The predicted molar refractivity (Wildman–Crippen MR) is 147 cm³/mol. The summed E-state index contributed by atoms with van der Waals surface area (Å²) >= 11 is 0. The number of nitrogens with zero attached hydrogens (tertiary/aromatic N) is 3. The quantitative estimate of drug-likeness (QED) is 0.448. The van der Waals surface area contributed by atoms with Gasteiger partial charge in [0.2, 0.25) is 0 Å². The van der Waals surface area contributed by atoms with Gasteiger partial charge in [-0.25, -0.2) is 0 Å². The number of ether oxygens (including phenoxy) is 1. The Labute approximate surface area is 220 Å². The van der Waals surface area contributed by atoms with Gasteiger partial charge in [-0.2, -0.15) is 0 Å². The third-order valence-electron chi connectivity index (χ3n) is 7.66. The van der Waals surface area contributed by atoms with Crippen molar-refractivity contribution >= 4 is 5.91 Å². The van der Waals surface area contributed by atoms with E-state index in [9.17, 15) is 4.79 Å². The van der Waals surface area contributed by atoms with Gasteiger partial charge in [-0.05, 0) is 99.8 Å². The SMILES string of the molecule is CNCCN1CCC(c2cc(CN(C)C(=O)c3cccc(Oc4ccccc4)c3)c3c(n2)CCC3)CC1. The number of nitrogens with one attached hydrogen (secondary N) is 1. The molecule has 194 valence electrons. The molecule has 6 nitrogen and oxygen atoms in total. The molecule has 1 aromatic heterocycles. The number of piperidine rings is 1. The van der Waals surface area contributed by atoms with E-state index in [0.29, 0.717) is 23.8 Å². The molecule has 0 saturated carbocycles. The summed E-state index contributed by atoms with van der Waals surface area (Å²) in [4.78, 5) is 22.9. The van der Waals surface area contributed by atoms with Crippen molar-refractivity contribution in [2.45, 2.75) is 44.6 Å². The Bertz CT molecular complexity index is 1210. The zero-order valence-corrected chi connectivity index (χ0v) is 22.1. The van der Waals surface area contributed by atoms with Crippen molar-refractivity contribution in [2.75, 3.05) is 40.3 Å². The molecule has 1 amide bonds. The highest BCUT2D eigenvalue weighted by molar-refractivity contribution is 5.94. The highest BCUT2D eigenvalue weighted by atomic mass is 16.5. The van der Waals surface area contributed by atoms with E-state index in [4.69, 9.17) is 9.72 Å². The molecule has 1 saturated heterocycles. The largest absolute Gasteiger partial charge is 0.457 e. The van der Waals surface area contributed by atoms with Crippen molar-refractivity contribution in [2.24, 2.45) is 0 Å². The van der Waals surface area contributed by atoms with Gasteiger partial charge >= 0.3 is 0 Å². The number of hydrogen-bond donors (Lipinski definition) is 1. The smallest absolute Gasteiger partial charge is 0.254 e. The highest BCUT2D eigenvalue weighted by Crippen LogP contribution is 2.32. The van der Waals surface area contributed by atoms with Gasteiger partial charge in [-0.1, -0.05) is 24.3 Å². The van der Waals surface area contributed by atoms with E-state index in [1.807, 2.05) is 73.6 Å². The Balaban J connectivity index is 1.29. The lowest BCUT2D eigenvalue weighted by Crippen LogP contribution is -2.37. The zero-order valence-electron chi connectivity index (χ0n) is 22.1. The number of hydrogen-bond acceptors (Lipinski definition) is 5. The fourth-order valence-electron chi connectivity index (χ4n) is 5.59. The number of likely N-dealkylation sites (tertiary alicyclic amines) is 1. The number of aromatic nitrogens is 1. The summed E-state index contributed by atoms with van der Waals surface area (Å²) in [5, 5.41) is 3.25. The predicted octanol–water partition coefficient (Wildman–Crippen LogP) is 5.03. The maximum Gasteiger partial charge on any atom is 0.254 e. The molecule has 1 aliphatic heterocycles. The van der Waals surface area contributed by atoms with E-state index in [1.165, 1.54) is 22.5 Å². The van der Waals surface area contributed by atoms with Crippen LogP contribution in [0.2, 0.25) is 0 Å². The van der Waals surface area contributed by atoms with Crippen LogP contribution in [0.4, 0.5) is 0 Å². The average Bonchev–Trinajstić information content (AvgIpc) is 3.42. The number of pyridine rings is 1. The summed E-state index contributed by atoms with van der Waals surface area (Å²) in [7, 11) is 3.91. The molecule has 0 spiro atoms. The van der Waals surface area contributed by atoms with Crippen LogP contribution in [0, 0.1) is 0 Å². The van der Waals surface area contributed by atoms with Crippen LogP contribution in [-0.4, -0.2) is 61.0 Å². The molecular formula is C31H38N4O2. The lowest BCUT2D eigenvalue weighted by atomic mass is 9.91. The monoisotopic (exact) mass is 498 g/mol. The maximum absolute atomic E-state index is 13.4. The third kappa shape index (κ3) is 6.20. The van der Waals surface area contributed by atoms with E-state index < -0.39 is 0 Å². The first kappa shape index (κ1) is 25.4. The molecule has 37 heavy (non-hydrogen) atoms. The molecule has 2 aromatic carbocycles. The molecule has 1 fully saturated rings. The summed E-state index contributed by atoms with van der Waals surface area (Å²) in [5.74, 6) is 1.93. The molecule has 0 bridgehead atoms. The van der Waals surface area contributed by atoms with Gasteiger partial charge in [-0.15, -0.1) is 0 Å². The van der Waals surface area contributed by atoms with Gasteiger partial charge in [0.15, 0.2) is 0 Å². The van der Waals surface area contributed by atoms with Gasteiger partial charge in [0, 0.05) is 49.6 Å². The number of rotatable bonds is 9. The first-order valence-electron chi connectivity index (χ1n) is 13.6. The number of carbonyl (C=O) groups is 1. The second-order valence-electron chi connectivity index (χ2n) is 10.3. The minimum absolute atomic E-state index is 0.00135. The minimum atomic E-state index is 0.00135. The topological polar surface area (TPSA) is 57.7 Å². The summed E-state index contributed by atoms with van der Waals surface area (Å²) < 4.78 is 5.95. The van der Waals surface area contributed by atoms with Crippen LogP contribution in [0.5, 0.6) is 11.5 Å². The van der Waals surface area contributed by atoms with Crippen LogP contribution in [-0.2, 0) is 19.4 Å². The van der Waals surface area contributed by atoms with Crippen LogP contribution in [0.25, 0.3) is 0 Å². The summed E-state index contributed by atoms with van der Waals surface area (Å²) in [6.45, 7) is 4.99. The molecule has 6 heteroatoms.